The van der Waals surface area contributed by atoms with Crippen LogP contribution in [0, 0.1) is 12.8 Å². The zero-order chi connectivity index (χ0) is 20.8. The summed E-state index contributed by atoms with van der Waals surface area (Å²) in [6.45, 7) is 5.69. The molecule has 1 aromatic carbocycles. The van der Waals surface area contributed by atoms with Gasteiger partial charge in [-0.25, -0.2) is 13.1 Å². The Morgan fingerprint density at radius 1 is 1.21 bits per heavy atom. The molecule has 0 spiro atoms. The Morgan fingerprint density at radius 2 is 1.93 bits per heavy atom. The fourth-order valence-electron chi connectivity index (χ4n) is 3.12. The minimum absolute atomic E-state index is 0.00194. The van der Waals surface area contributed by atoms with Crippen molar-refractivity contribution in [1.82, 2.24) is 20.2 Å². The van der Waals surface area contributed by atoms with Crippen LogP contribution < -0.4 is 10.0 Å². The molecule has 0 aliphatic heterocycles. The summed E-state index contributed by atoms with van der Waals surface area (Å²) < 4.78 is 33.1. The van der Waals surface area contributed by atoms with Gasteiger partial charge in [0.05, 0.1) is 4.90 Å². The van der Waals surface area contributed by atoms with E-state index in [0.717, 1.165) is 25.7 Å². The van der Waals surface area contributed by atoms with Crippen LogP contribution in [0.4, 0.5) is 0 Å². The van der Waals surface area contributed by atoms with Gasteiger partial charge in [0.1, 0.15) is 6.04 Å². The van der Waals surface area contributed by atoms with Crippen LogP contribution in [0.3, 0.4) is 0 Å². The monoisotopic (exact) mass is 418 g/mol. The van der Waals surface area contributed by atoms with E-state index in [0.29, 0.717) is 28.8 Å². The van der Waals surface area contributed by atoms with Crippen LogP contribution in [-0.2, 0) is 10.0 Å². The van der Waals surface area contributed by atoms with Crippen LogP contribution in [0.5, 0.6) is 0 Å². The number of nitrogens with one attached hydrogen (secondary N) is 2. The maximum Gasteiger partial charge on any atom is 0.252 e. The molecule has 2 aliphatic carbocycles. The second kappa shape index (κ2) is 7.53. The van der Waals surface area contributed by atoms with Crippen molar-refractivity contribution >= 4 is 15.9 Å². The number of aryl methyl sites for hydroxylation is 1. The van der Waals surface area contributed by atoms with Crippen LogP contribution in [0.2, 0.25) is 0 Å². The molecule has 1 aromatic heterocycles. The molecule has 0 saturated heterocycles. The van der Waals surface area contributed by atoms with Crippen molar-refractivity contribution in [2.24, 2.45) is 5.92 Å². The number of carbonyl (C=O) groups excluding carboxylic acids is 1. The average Bonchev–Trinajstić information content (AvgIpc) is 3.60. The van der Waals surface area contributed by atoms with Crippen LogP contribution in [0.1, 0.15) is 79.1 Å². The molecule has 4 rings (SSSR count). The van der Waals surface area contributed by atoms with Crippen LogP contribution in [0.25, 0.3) is 0 Å². The summed E-state index contributed by atoms with van der Waals surface area (Å²) in [6, 6.07) is 4.15. The van der Waals surface area contributed by atoms with Crippen molar-refractivity contribution in [3.05, 3.63) is 41.0 Å². The van der Waals surface area contributed by atoms with Crippen LogP contribution >= 0.6 is 0 Å². The zero-order valence-corrected chi connectivity index (χ0v) is 17.6. The lowest BCUT2D eigenvalue weighted by molar-refractivity contribution is 0.0913. The zero-order valence-electron chi connectivity index (χ0n) is 16.8. The topological polar surface area (TPSA) is 114 Å². The summed E-state index contributed by atoms with van der Waals surface area (Å²) in [5, 5.41) is 6.98. The van der Waals surface area contributed by atoms with Crippen LogP contribution in [-0.4, -0.2) is 30.5 Å². The van der Waals surface area contributed by atoms with Gasteiger partial charge < -0.3 is 9.84 Å². The van der Waals surface area contributed by atoms with Crippen LogP contribution in [0.15, 0.2) is 27.6 Å². The molecule has 1 unspecified atom stereocenters. The standard InChI is InChI=1S/C20H26N4O4S/c1-11(2)17(20-22-18(23-28-20)13-5-6-13)21-19(25)16-10-15(9-4-12(16)3)29(26,27)24-14-7-8-14/h4,9-11,13-14,17,24H,5-8H2,1-3H3,(H,21,25). The first-order valence-corrected chi connectivity index (χ1v) is 11.5. The molecule has 29 heavy (non-hydrogen) atoms. The Balaban J connectivity index is 1.56. The number of hydrogen-bond acceptors (Lipinski definition) is 6. The fourth-order valence-corrected chi connectivity index (χ4v) is 4.45. The lowest BCUT2D eigenvalue weighted by atomic mass is 10.0. The molecule has 2 saturated carbocycles. The molecule has 2 fully saturated rings. The molecule has 2 N–H and O–H groups in total. The first-order chi connectivity index (χ1) is 13.7. The highest BCUT2D eigenvalue weighted by Crippen LogP contribution is 2.38. The molecular weight excluding hydrogens is 392 g/mol. The van der Waals surface area contributed by atoms with E-state index >= 15 is 0 Å². The van der Waals surface area contributed by atoms with Gasteiger partial charge in [0.15, 0.2) is 5.82 Å². The van der Waals surface area contributed by atoms with Gasteiger partial charge in [-0.2, -0.15) is 4.98 Å². The molecule has 1 heterocycles. The first-order valence-electron chi connectivity index (χ1n) is 10.0. The maximum absolute atomic E-state index is 13.0. The van der Waals surface area contributed by atoms with Gasteiger partial charge in [-0.3, -0.25) is 4.79 Å². The number of aromatic nitrogens is 2. The summed E-state index contributed by atoms with van der Waals surface area (Å²) in [6.07, 6.45) is 3.82. The number of hydrogen-bond donors (Lipinski definition) is 2. The Hall–Kier alpha value is -2.26. The van der Waals surface area contributed by atoms with E-state index in [4.69, 9.17) is 4.52 Å². The predicted molar refractivity (Wildman–Crippen MR) is 106 cm³/mol. The second-order valence-electron chi connectivity index (χ2n) is 8.33. The van der Waals surface area contributed by atoms with E-state index in [2.05, 4.69) is 20.2 Å². The van der Waals surface area contributed by atoms with Gasteiger partial charge in [0.2, 0.25) is 15.9 Å². The molecule has 0 bridgehead atoms. The highest BCUT2D eigenvalue weighted by atomic mass is 32.2. The molecule has 1 amide bonds. The summed E-state index contributed by atoms with van der Waals surface area (Å²) in [4.78, 5) is 17.6. The fraction of sp³-hybridized carbons (Fsp3) is 0.550. The van der Waals surface area contributed by atoms with Crippen molar-refractivity contribution in [2.45, 2.75) is 69.4 Å². The number of sulfonamides is 1. The molecule has 2 aromatic rings. The van der Waals surface area contributed by atoms with E-state index in [1.807, 2.05) is 13.8 Å². The van der Waals surface area contributed by atoms with Crippen molar-refractivity contribution < 1.29 is 17.7 Å². The van der Waals surface area contributed by atoms with Gasteiger partial charge in [-0.05, 0) is 56.2 Å². The van der Waals surface area contributed by atoms with Gasteiger partial charge in [0.25, 0.3) is 5.91 Å². The molecule has 0 radical (unpaired) electrons. The third-order valence-corrected chi connectivity index (χ3v) is 6.80. The molecule has 9 heteroatoms. The Bertz CT molecular complexity index is 1020. The quantitative estimate of drug-likeness (QED) is 0.681. The summed E-state index contributed by atoms with van der Waals surface area (Å²) in [5.41, 5.74) is 1.01. The lowest BCUT2D eigenvalue weighted by Gasteiger charge is -2.19. The number of rotatable bonds is 8. The van der Waals surface area contributed by atoms with Crippen molar-refractivity contribution in [2.75, 3.05) is 0 Å². The number of nitrogens with zero attached hydrogens (tertiary/aromatic N) is 2. The Morgan fingerprint density at radius 3 is 2.55 bits per heavy atom. The third-order valence-electron chi connectivity index (χ3n) is 5.28. The van der Waals surface area contributed by atoms with Crippen molar-refractivity contribution in [3.63, 3.8) is 0 Å². The van der Waals surface area contributed by atoms with Crippen molar-refractivity contribution in [3.8, 4) is 0 Å². The lowest BCUT2D eigenvalue weighted by Crippen LogP contribution is -2.33. The minimum atomic E-state index is -3.64. The van der Waals surface area contributed by atoms with Gasteiger partial charge in [-0.1, -0.05) is 25.1 Å². The highest BCUT2D eigenvalue weighted by molar-refractivity contribution is 7.89. The first kappa shape index (κ1) is 20.0. The van der Waals surface area contributed by atoms with E-state index in [9.17, 15) is 13.2 Å². The number of carbonyl (C=O) groups is 1. The number of amides is 1. The highest BCUT2D eigenvalue weighted by Gasteiger charge is 2.32. The van der Waals surface area contributed by atoms with Gasteiger partial charge in [-0.15, -0.1) is 0 Å². The van der Waals surface area contributed by atoms with E-state index in [-0.39, 0.29) is 22.8 Å². The van der Waals surface area contributed by atoms with Crippen molar-refractivity contribution in [1.29, 1.82) is 0 Å². The second-order valence-corrected chi connectivity index (χ2v) is 10.0. The van der Waals surface area contributed by atoms with Gasteiger partial charge >= 0.3 is 0 Å². The van der Waals surface area contributed by atoms with E-state index in [1.165, 1.54) is 12.1 Å². The molecule has 156 valence electrons. The molecule has 8 nitrogen and oxygen atoms in total. The predicted octanol–water partition coefficient (Wildman–Crippen LogP) is 2.82. The largest absolute Gasteiger partial charge is 0.340 e. The Kier molecular flexibility index (Phi) is 5.20. The summed E-state index contributed by atoms with van der Waals surface area (Å²) >= 11 is 0. The average molecular weight is 419 g/mol. The summed E-state index contributed by atoms with van der Waals surface area (Å²) in [5.74, 6) is 1.09. The minimum Gasteiger partial charge on any atom is -0.340 e. The Labute approximate surface area is 170 Å². The molecule has 1 atom stereocenters. The third kappa shape index (κ3) is 4.51. The van der Waals surface area contributed by atoms with E-state index < -0.39 is 16.1 Å². The molecule has 2 aliphatic rings. The smallest absolute Gasteiger partial charge is 0.252 e. The van der Waals surface area contributed by atoms with Gasteiger partial charge in [0, 0.05) is 17.5 Å². The maximum atomic E-state index is 13.0. The number of benzene rings is 1. The van der Waals surface area contributed by atoms with E-state index in [1.54, 1.807) is 13.0 Å². The molecular formula is C20H26N4O4S. The summed E-state index contributed by atoms with van der Waals surface area (Å²) in [7, 11) is -3.64. The normalized spacial score (nSPS) is 18.1. The SMILES string of the molecule is Cc1ccc(S(=O)(=O)NC2CC2)cc1C(=O)NC(c1nc(C2CC2)no1)C(C)C.